The molecule has 0 atom stereocenters. The highest BCUT2D eigenvalue weighted by Gasteiger charge is 2.04. The maximum atomic E-state index is 10.5. The number of hydrogen-bond donors (Lipinski definition) is 2. The van der Waals surface area contributed by atoms with Crippen LogP contribution in [0, 0.1) is 10.1 Å². The number of para-hydroxylation sites is 2. The van der Waals surface area contributed by atoms with E-state index in [1.807, 2.05) is 24.3 Å². The summed E-state index contributed by atoms with van der Waals surface area (Å²) in [6.45, 7) is 0. The van der Waals surface area contributed by atoms with Crippen LogP contribution in [0.15, 0.2) is 47.7 Å². The predicted octanol–water partition coefficient (Wildman–Crippen LogP) is 2.31. The first-order valence-corrected chi connectivity index (χ1v) is 6.06. The van der Waals surface area contributed by atoms with Crippen molar-refractivity contribution in [2.24, 2.45) is 5.10 Å². The molecule has 3 rings (SSSR count). The molecule has 2 aromatic heterocycles. The van der Waals surface area contributed by atoms with Crippen molar-refractivity contribution in [2.45, 2.75) is 0 Å². The number of fused-ring (bicyclic) bond motifs is 1. The molecule has 0 aliphatic rings. The molecule has 3 aromatic rings. The molecule has 0 fully saturated rings. The lowest BCUT2D eigenvalue weighted by Crippen LogP contribution is -1.95. The van der Waals surface area contributed by atoms with Crippen molar-refractivity contribution in [1.29, 1.82) is 0 Å². The molecular weight excluding hydrogens is 272 g/mol. The topological polar surface area (TPSA) is 109 Å². The third-order valence-corrected chi connectivity index (χ3v) is 2.73. The van der Waals surface area contributed by atoms with Crippen LogP contribution in [0.25, 0.3) is 11.0 Å². The summed E-state index contributed by atoms with van der Waals surface area (Å²) in [5.41, 5.74) is 4.39. The molecule has 0 amide bonds. The van der Waals surface area contributed by atoms with Gasteiger partial charge in [-0.05, 0) is 18.2 Å². The number of hydrazone groups is 1. The zero-order chi connectivity index (χ0) is 14.7. The first-order chi connectivity index (χ1) is 10.2. The average Bonchev–Trinajstić information content (AvgIpc) is 2.90. The Bertz CT molecular complexity index is 776. The van der Waals surface area contributed by atoms with Crippen LogP contribution in [0.2, 0.25) is 0 Å². The summed E-state index contributed by atoms with van der Waals surface area (Å²) in [6.07, 6.45) is 2.68. The highest BCUT2D eigenvalue weighted by molar-refractivity contribution is 5.84. The summed E-state index contributed by atoms with van der Waals surface area (Å²) in [6, 6.07) is 10.5. The van der Waals surface area contributed by atoms with E-state index in [2.05, 4.69) is 25.5 Å². The average molecular weight is 282 g/mol. The van der Waals surface area contributed by atoms with E-state index in [1.54, 1.807) is 0 Å². The maximum absolute atomic E-state index is 10.5. The normalized spacial score (nSPS) is 11.0. The van der Waals surface area contributed by atoms with Crippen molar-refractivity contribution in [2.75, 3.05) is 5.43 Å². The minimum atomic E-state index is -0.506. The van der Waals surface area contributed by atoms with Gasteiger partial charge in [0.15, 0.2) is 5.82 Å². The van der Waals surface area contributed by atoms with Gasteiger partial charge in [-0.1, -0.05) is 12.1 Å². The Morgan fingerprint density at radius 3 is 2.86 bits per heavy atom. The monoisotopic (exact) mass is 282 g/mol. The molecule has 8 heteroatoms. The van der Waals surface area contributed by atoms with Crippen LogP contribution >= 0.6 is 0 Å². The van der Waals surface area contributed by atoms with Crippen molar-refractivity contribution in [3.8, 4) is 0 Å². The number of hydrogen-bond acceptors (Lipinski definition) is 6. The van der Waals surface area contributed by atoms with E-state index in [9.17, 15) is 10.1 Å². The van der Waals surface area contributed by atoms with Crippen molar-refractivity contribution in [3.05, 3.63) is 58.5 Å². The number of nitro groups is 1. The van der Waals surface area contributed by atoms with Gasteiger partial charge in [0.1, 0.15) is 12.0 Å². The van der Waals surface area contributed by atoms with Gasteiger partial charge in [0.25, 0.3) is 5.69 Å². The second-order valence-corrected chi connectivity index (χ2v) is 4.17. The van der Waals surface area contributed by atoms with Crippen LogP contribution in [-0.4, -0.2) is 26.1 Å². The second-order valence-electron chi connectivity index (χ2n) is 4.17. The van der Waals surface area contributed by atoms with Crippen LogP contribution in [0.4, 0.5) is 11.5 Å². The molecule has 8 nitrogen and oxygen atoms in total. The molecule has 1 aromatic carbocycles. The Kier molecular flexibility index (Phi) is 3.26. The lowest BCUT2D eigenvalue weighted by atomic mass is 10.3. The van der Waals surface area contributed by atoms with Gasteiger partial charge in [0.05, 0.1) is 22.2 Å². The molecule has 2 N–H and O–H groups in total. The Labute approximate surface area is 118 Å². The Hall–Kier alpha value is -3.29. The van der Waals surface area contributed by atoms with Crippen LogP contribution in [0.5, 0.6) is 0 Å². The second kappa shape index (κ2) is 5.37. The van der Waals surface area contributed by atoms with E-state index in [1.165, 1.54) is 24.5 Å². The zero-order valence-corrected chi connectivity index (χ0v) is 10.7. The van der Waals surface area contributed by atoms with E-state index in [0.717, 1.165) is 11.0 Å². The quantitative estimate of drug-likeness (QED) is 0.433. The van der Waals surface area contributed by atoms with Crippen LogP contribution in [0.3, 0.4) is 0 Å². The van der Waals surface area contributed by atoms with Crippen molar-refractivity contribution >= 4 is 28.8 Å². The Morgan fingerprint density at radius 2 is 2.14 bits per heavy atom. The Balaban J connectivity index is 1.70. The van der Waals surface area contributed by atoms with E-state index >= 15 is 0 Å². The molecule has 104 valence electrons. The van der Waals surface area contributed by atoms with Crippen LogP contribution in [-0.2, 0) is 0 Å². The van der Waals surface area contributed by atoms with Gasteiger partial charge in [-0.25, -0.2) is 9.97 Å². The molecule has 0 aliphatic heterocycles. The third kappa shape index (κ3) is 2.84. The number of imidazole rings is 1. The lowest BCUT2D eigenvalue weighted by molar-refractivity contribution is -0.385. The van der Waals surface area contributed by atoms with E-state index in [0.29, 0.717) is 11.6 Å². The van der Waals surface area contributed by atoms with E-state index in [-0.39, 0.29) is 5.69 Å². The fourth-order valence-corrected chi connectivity index (χ4v) is 1.75. The fourth-order valence-electron chi connectivity index (χ4n) is 1.75. The molecule has 0 bridgehead atoms. The molecule has 0 unspecified atom stereocenters. The number of pyridine rings is 1. The highest BCUT2D eigenvalue weighted by Crippen LogP contribution is 2.12. The number of rotatable bonds is 4. The summed E-state index contributed by atoms with van der Waals surface area (Å²) in [5, 5.41) is 14.5. The Morgan fingerprint density at radius 1 is 1.29 bits per heavy atom. The predicted molar refractivity (Wildman–Crippen MR) is 78.2 cm³/mol. The van der Waals surface area contributed by atoms with Gasteiger partial charge in [-0.15, -0.1) is 0 Å². The minimum Gasteiger partial charge on any atom is -0.337 e. The summed E-state index contributed by atoms with van der Waals surface area (Å²) < 4.78 is 0. The van der Waals surface area contributed by atoms with Gasteiger partial charge in [0, 0.05) is 6.07 Å². The summed E-state index contributed by atoms with van der Waals surface area (Å²) >= 11 is 0. The first kappa shape index (κ1) is 12.7. The zero-order valence-electron chi connectivity index (χ0n) is 10.7. The maximum Gasteiger partial charge on any atom is 0.287 e. The number of nitrogens with one attached hydrogen (secondary N) is 2. The van der Waals surface area contributed by atoms with Crippen molar-refractivity contribution < 1.29 is 4.92 Å². The van der Waals surface area contributed by atoms with Crippen molar-refractivity contribution in [1.82, 2.24) is 15.0 Å². The first-order valence-electron chi connectivity index (χ1n) is 6.06. The molecular formula is C13H10N6O2. The van der Waals surface area contributed by atoms with Gasteiger partial charge < -0.3 is 4.98 Å². The van der Waals surface area contributed by atoms with Crippen LogP contribution < -0.4 is 5.43 Å². The summed E-state index contributed by atoms with van der Waals surface area (Å²) in [7, 11) is 0. The number of aromatic nitrogens is 3. The summed E-state index contributed by atoms with van der Waals surface area (Å²) in [4.78, 5) is 21.3. The number of nitrogens with zero attached hydrogens (tertiary/aromatic N) is 4. The third-order valence-electron chi connectivity index (χ3n) is 2.73. The molecule has 0 saturated carbocycles. The van der Waals surface area contributed by atoms with Gasteiger partial charge in [-0.3, -0.25) is 15.5 Å². The van der Waals surface area contributed by atoms with Gasteiger partial charge >= 0.3 is 0 Å². The smallest absolute Gasteiger partial charge is 0.287 e. The molecule has 21 heavy (non-hydrogen) atoms. The SMILES string of the molecule is O=[N+]([O-])c1ccc(N/N=C/c2nc3ccccc3[nH]2)nc1. The molecule has 0 saturated heterocycles. The van der Waals surface area contributed by atoms with Gasteiger partial charge in [-0.2, -0.15) is 5.10 Å². The number of benzene rings is 1. The molecule has 2 heterocycles. The number of aromatic amines is 1. The minimum absolute atomic E-state index is 0.0678. The fraction of sp³-hybridized carbons (Fsp3) is 0. The molecule has 0 spiro atoms. The molecule has 0 radical (unpaired) electrons. The summed E-state index contributed by atoms with van der Waals surface area (Å²) in [5.74, 6) is 1.01. The standard InChI is InChI=1S/C13H10N6O2/c20-19(21)9-5-6-12(14-7-9)18-15-8-13-16-10-3-1-2-4-11(10)17-13/h1-8H,(H,14,18)(H,16,17)/b15-8+. The lowest BCUT2D eigenvalue weighted by Gasteiger charge is -1.97. The largest absolute Gasteiger partial charge is 0.337 e. The van der Waals surface area contributed by atoms with E-state index < -0.39 is 4.92 Å². The van der Waals surface area contributed by atoms with Crippen molar-refractivity contribution in [3.63, 3.8) is 0 Å². The number of anilines is 1. The number of H-pyrrole nitrogens is 1. The van der Waals surface area contributed by atoms with E-state index in [4.69, 9.17) is 0 Å². The highest BCUT2D eigenvalue weighted by atomic mass is 16.6. The van der Waals surface area contributed by atoms with Crippen LogP contribution in [0.1, 0.15) is 5.82 Å². The molecule has 0 aliphatic carbocycles. The van der Waals surface area contributed by atoms with Gasteiger partial charge in [0.2, 0.25) is 0 Å².